The first kappa shape index (κ1) is 29.6. The lowest BCUT2D eigenvalue weighted by Crippen LogP contribution is -2.59. The molecule has 2 fully saturated rings. The van der Waals surface area contributed by atoms with Crippen LogP contribution in [0.1, 0.15) is 32.8 Å². The van der Waals surface area contributed by atoms with Gasteiger partial charge in [0.05, 0.1) is 40.8 Å². The number of ether oxygens (including phenoxy) is 1. The van der Waals surface area contributed by atoms with Gasteiger partial charge in [-0.05, 0) is 37.0 Å². The summed E-state index contributed by atoms with van der Waals surface area (Å²) in [4.78, 5) is 48.7. The second kappa shape index (κ2) is 11.2. The number of likely N-dealkylation sites (tertiary alicyclic amines) is 1. The van der Waals surface area contributed by atoms with Crippen molar-refractivity contribution in [1.82, 2.24) is 9.80 Å². The topological polar surface area (TPSA) is 90.4 Å². The van der Waals surface area contributed by atoms with Gasteiger partial charge in [0, 0.05) is 19.6 Å². The van der Waals surface area contributed by atoms with Gasteiger partial charge >= 0.3 is 0 Å². The van der Waals surface area contributed by atoms with Gasteiger partial charge in [0.15, 0.2) is 0 Å². The molecule has 43 heavy (non-hydrogen) atoms. The van der Waals surface area contributed by atoms with Crippen molar-refractivity contribution >= 4 is 35.0 Å². The molecule has 9 heteroatoms. The molecule has 4 aliphatic heterocycles. The summed E-state index contributed by atoms with van der Waals surface area (Å²) in [7, 11) is 0. The zero-order valence-corrected chi connectivity index (χ0v) is 25.5. The number of hydrogen-bond donors (Lipinski definition) is 1. The van der Waals surface area contributed by atoms with Gasteiger partial charge < -0.3 is 24.5 Å². The summed E-state index contributed by atoms with van der Waals surface area (Å²) in [5, 5.41) is 11.0. The molecule has 6 rings (SSSR count). The largest absolute Gasteiger partial charge is 0.394 e. The molecule has 0 saturated carbocycles. The van der Waals surface area contributed by atoms with E-state index in [1.807, 2.05) is 81.5 Å². The van der Waals surface area contributed by atoms with Crippen LogP contribution in [0.3, 0.4) is 0 Å². The van der Waals surface area contributed by atoms with Crippen LogP contribution >= 0.6 is 11.6 Å². The normalized spacial score (nSPS) is 30.8. The first-order valence-corrected chi connectivity index (χ1v) is 15.4. The molecule has 8 nitrogen and oxygen atoms in total. The third-order valence-electron chi connectivity index (χ3n) is 9.29. The summed E-state index contributed by atoms with van der Waals surface area (Å²) < 4.78 is 6.94. The third-order valence-corrected chi connectivity index (χ3v) is 9.61. The molecule has 4 aliphatic rings. The third kappa shape index (κ3) is 4.80. The number of rotatable bonds is 7. The Kier molecular flexibility index (Phi) is 7.73. The van der Waals surface area contributed by atoms with Crippen molar-refractivity contribution in [1.29, 1.82) is 0 Å². The molecule has 0 radical (unpaired) electrons. The number of fused-ring (bicyclic) bond motifs is 2. The van der Waals surface area contributed by atoms with Gasteiger partial charge in [0.25, 0.3) is 5.91 Å². The fourth-order valence-corrected chi connectivity index (χ4v) is 7.80. The lowest BCUT2D eigenvalue weighted by Gasteiger charge is -2.40. The van der Waals surface area contributed by atoms with Crippen molar-refractivity contribution in [3.8, 4) is 0 Å². The number of nitrogens with zero attached hydrogens (tertiary/aromatic N) is 3. The SMILES string of the molecule is CC(C)C[C@H](CO)N1C(=O)[C@@H]2[C@@H]3C(=O)N(Cc4ccccc4)CC=C[C@]3(C)O[C@@]23C=CCN(c2ccccc2Cl)C(=O)C13. The number of benzene rings is 2. The predicted octanol–water partition coefficient (Wildman–Crippen LogP) is 4.22. The van der Waals surface area contributed by atoms with E-state index in [-0.39, 0.29) is 36.8 Å². The maximum atomic E-state index is 14.7. The summed E-state index contributed by atoms with van der Waals surface area (Å²) >= 11 is 6.56. The van der Waals surface area contributed by atoms with Crippen LogP contribution in [0.2, 0.25) is 5.02 Å². The predicted molar refractivity (Wildman–Crippen MR) is 164 cm³/mol. The highest BCUT2D eigenvalue weighted by Crippen LogP contribution is 2.58. The van der Waals surface area contributed by atoms with Crippen LogP contribution in [0.15, 0.2) is 78.9 Å². The minimum atomic E-state index is -1.41. The van der Waals surface area contributed by atoms with Crippen LogP contribution in [0, 0.1) is 17.8 Å². The second-order valence-electron chi connectivity index (χ2n) is 12.6. The highest BCUT2D eigenvalue weighted by Gasteiger charge is 2.75. The minimum absolute atomic E-state index is 0.146. The van der Waals surface area contributed by atoms with Crippen LogP contribution in [0.5, 0.6) is 0 Å². The Balaban J connectivity index is 1.47. The van der Waals surface area contributed by atoms with Crippen LogP contribution < -0.4 is 4.90 Å². The fraction of sp³-hybridized carbons (Fsp3) is 0.441. The average molecular weight is 604 g/mol. The summed E-state index contributed by atoms with van der Waals surface area (Å²) in [6, 6.07) is 15.1. The quantitative estimate of drug-likeness (QED) is 0.479. The van der Waals surface area contributed by atoms with Gasteiger partial charge in [0.2, 0.25) is 11.8 Å². The molecule has 2 aromatic carbocycles. The van der Waals surface area contributed by atoms with E-state index in [1.165, 1.54) is 4.90 Å². The molecule has 2 saturated heterocycles. The number of aliphatic hydroxyl groups excluding tert-OH is 1. The molecular formula is C34H38ClN3O5. The van der Waals surface area contributed by atoms with Crippen LogP contribution in [-0.4, -0.2) is 75.6 Å². The number of halogens is 1. The highest BCUT2D eigenvalue weighted by molar-refractivity contribution is 6.34. The van der Waals surface area contributed by atoms with E-state index in [0.717, 1.165) is 5.56 Å². The van der Waals surface area contributed by atoms with Crippen LogP contribution in [0.4, 0.5) is 5.69 Å². The van der Waals surface area contributed by atoms with Gasteiger partial charge in [-0.25, -0.2) is 0 Å². The van der Waals surface area contributed by atoms with Crippen LogP contribution in [-0.2, 0) is 25.7 Å². The maximum Gasteiger partial charge on any atom is 0.253 e. The summed E-state index contributed by atoms with van der Waals surface area (Å²) in [5.74, 6) is -2.56. The smallest absolute Gasteiger partial charge is 0.253 e. The minimum Gasteiger partial charge on any atom is -0.394 e. The zero-order valence-electron chi connectivity index (χ0n) is 24.7. The van der Waals surface area contributed by atoms with Crippen molar-refractivity contribution in [3.05, 3.63) is 89.5 Å². The van der Waals surface area contributed by atoms with Crippen molar-refractivity contribution in [2.24, 2.45) is 17.8 Å². The molecule has 3 amide bonds. The average Bonchev–Trinajstić information content (AvgIpc) is 3.26. The monoisotopic (exact) mass is 603 g/mol. The van der Waals surface area contributed by atoms with E-state index in [1.54, 1.807) is 28.0 Å². The van der Waals surface area contributed by atoms with E-state index >= 15 is 0 Å². The molecule has 1 N–H and O–H groups in total. The number of anilines is 1. The molecular weight excluding hydrogens is 566 g/mol. The van der Waals surface area contributed by atoms with Crippen molar-refractivity contribution in [2.45, 2.75) is 57.0 Å². The van der Waals surface area contributed by atoms with Gasteiger partial charge in [0.1, 0.15) is 11.6 Å². The lowest BCUT2D eigenvalue weighted by molar-refractivity contribution is -0.151. The molecule has 0 bridgehead atoms. The number of carbonyl (C=O) groups excluding carboxylic acids is 3. The number of aliphatic hydroxyl groups is 1. The van der Waals surface area contributed by atoms with E-state index in [2.05, 4.69) is 0 Å². The number of hydrogen-bond acceptors (Lipinski definition) is 5. The van der Waals surface area contributed by atoms with Crippen molar-refractivity contribution < 1.29 is 24.2 Å². The van der Waals surface area contributed by atoms with E-state index in [9.17, 15) is 19.5 Å². The van der Waals surface area contributed by atoms with Crippen molar-refractivity contribution in [2.75, 3.05) is 24.6 Å². The summed E-state index contributed by atoms with van der Waals surface area (Å²) in [5.41, 5.74) is -1.02. The molecule has 6 atom stereocenters. The summed E-state index contributed by atoms with van der Waals surface area (Å²) in [6.07, 6.45) is 7.95. The van der Waals surface area contributed by atoms with Crippen LogP contribution in [0.25, 0.3) is 0 Å². The first-order valence-electron chi connectivity index (χ1n) is 15.0. The second-order valence-corrected chi connectivity index (χ2v) is 13.0. The van der Waals surface area contributed by atoms with E-state index in [0.29, 0.717) is 30.2 Å². The molecule has 0 aromatic heterocycles. The first-order chi connectivity index (χ1) is 20.6. The molecule has 0 aliphatic carbocycles. The van der Waals surface area contributed by atoms with Gasteiger partial charge in [-0.2, -0.15) is 0 Å². The number of amides is 3. The Morgan fingerprint density at radius 1 is 0.930 bits per heavy atom. The summed E-state index contributed by atoms with van der Waals surface area (Å²) in [6.45, 7) is 6.54. The molecule has 1 spiro atoms. The molecule has 226 valence electrons. The number of carbonyl (C=O) groups is 3. The Morgan fingerprint density at radius 3 is 2.33 bits per heavy atom. The Hall–Kier alpha value is -3.46. The Labute approximate surface area is 257 Å². The van der Waals surface area contributed by atoms with E-state index < -0.39 is 35.1 Å². The lowest BCUT2D eigenvalue weighted by atomic mass is 9.74. The standard InChI is InChI=1S/C34H38ClN3O5/c1-22(2)19-24(21-39)38-29-32(42)37(26-14-8-7-13-25(26)35)18-10-16-34(29)28(31(38)41)27-30(40)36(17-9-15-33(27,3)43-34)20-23-11-5-4-6-12-23/h4-16,22,24,27-29,39H,17-21H2,1-3H3/t24-,27-,28+,29?,33+,34+/m1/s1. The van der Waals surface area contributed by atoms with Gasteiger partial charge in [-0.3, -0.25) is 14.4 Å². The zero-order chi connectivity index (χ0) is 30.5. The van der Waals surface area contributed by atoms with Gasteiger partial charge in [-0.1, -0.05) is 92.2 Å². The molecule has 4 heterocycles. The van der Waals surface area contributed by atoms with E-state index in [4.69, 9.17) is 16.3 Å². The fourth-order valence-electron chi connectivity index (χ4n) is 7.56. The molecule has 1 unspecified atom stereocenters. The van der Waals surface area contributed by atoms with Gasteiger partial charge in [-0.15, -0.1) is 0 Å². The highest BCUT2D eigenvalue weighted by atomic mass is 35.5. The maximum absolute atomic E-state index is 14.7. The number of para-hydroxylation sites is 1. The Bertz CT molecular complexity index is 1480. The Morgan fingerprint density at radius 2 is 1.63 bits per heavy atom. The molecule has 2 aromatic rings. The van der Waals surface area contributed by atoms with Crippen molar-refractivity contribution in [3.63, 3.8) is 0 Å².